The van der Waals surface area contributed by atoms with Crippen molar-refractivity contribution >= 4 is 35.0 Å². The number of carbonyl (C=O) groups excluding carboxylic acids is 1. The summed E-state index contributed by atoms with van der Waals surface area (Å²) in [5.74, 6) is 0. The predicted molar refractivity (Wildman–Crippen MR) is 160 cm³/mol. The van der Waals surface area contributed by atoms with Crippen LogP contribution < -0.4 is 5.32 Å². The molecule has 1 N–H and O–H groups in total. The Morgan fingerprint density at radius 2 is 0.714 bits per heavy atom. The number of nitrogens with one attached hydrogen (secondary N) is 1. The maximum atomic E-state index is 7.75. The van der Waals surface area contributed by atoms with Crippen LogP contribution in [0.15, 0.2) is 121 Å². The van der Waals surface area contributed by atoms with Gasteiger partial charge in [-0.3, -0.25) is 6.79 Å². The van der Waals surface area contributed by atoms with Gasteiger partial charge in [0.2, 0.25) is 0 Å². The van der Waals surface area contributed by atoms with E-state index >= 15 is 0 Å². The molecule has 6 heteroatoms. The minimum absolute atomic E-state index is 1.12. The fraction of sp³-hybridized carbons (Fsp3) is 0.138. The summed E-state index contributed by atoms with van der Waals surface area (Å²) in [4.78, 5) is 7.75. The molecular formula is C29H35ClNOP2Ru+. The van der Waals surface area contributed by atoms with Gasteiger partial charge in [-0.1, -0.05) is 121 Å². The molecule has 2 atom stereocenters. The molecule has 0 aliphatic rings. The molecule has 2 unspecified atom stereocenters. The molecule has 0 radical (unpaired) electrons. The first-order chi connectivity index (χ1) is 17.3. The standard InChI is InChI=1S/2C12H10.C4H13NP2.CHO.ClH.Ru.H/c2*1-3-7-11(8-4-1)12-9-5-2-6-10-12;6-3-1-5-2-4-7;1-2;;;/h2*1-10H;5H,1-4,6-7H2;1H;1H;;/q;;;-1;;+3;/p-1. The summed E-state index contributed by atoms with van der Waals surface area (Å²) in [6.07, 6.45) is 2.31. The smallest absolute Gasteiger partial charge is 0.0184 e. The monoisotopic (exact) mass is 612 g/mol. The van der Waals surface area contributed by atoms with E-state index in [9.17, 15) is 0 Å². The summed E-state index contributed by atoms with van der Waals surface area (Å²) in [5, 5.41) is 3.24. The average Bonchev–Trinajstić information content (AvgIpc) is 2.98. The quantitative estimate of drug-likeness (QED) is 0.0823. The zero-order valence-electron chi connectivity index (χ0n) is 19.8. The van der Waals surface area contributed by atoms with E-state index in [1.807, 2.05) is 24.3 Å². The van der Waals surface area contributed by atoms with Crippen LogP contribution in [0.4, 0.5) is 0 Å². The Morgan fingerprint density at radius 3 is 0.886 bits per heavy atom. The summed E-state index contributed by atoms with van der Waals surface area (Å²) in [6, 6.07) is 41.6. The van der Waals surface area contributed by atoms with E-state index in [4.69, 9.17) is 4.79 Å². The van der Waals surface area contributed by atoms with Gasteiger partial charge in [0.1, 0.15) is 0 Å². The Morgan fingerprint density at radius 1 is 0.514 bits per heavy atom. The van der Waals surface area contributed by atoms with E-state index < -0.39 is 0 Å². The van der Waals surface area contributed by atoms with Crippen molar-refractivity contribution in [1.82, 2.24) is 5.32 Å². The SMILES string of the molecule is PCCNCCP.[CH-]=O.[Cl][RuH+2].c1ccc(-c2ccccc2)cc1.c1ccc(-c2ccccc2)cc1. The number of hydrogen-bond donors (Lipinski definition) is 1. The van der Waals surface area contributed by atoms with E-state index in [2.05, 4.69) is 137 Å². The summed E-state index contributed by atoms with van der Waals surface area (Å²) in [6.45, 7) is 5.50. The summed E-state index contributed by atoms with van der Waals surface area (Å²) in [7, 11) is 9.97. The van der Waals surface area contributed by atoms with Crippen molar-refractivity contribution in [2.24, 2.45) is 0 Å². The Hall–Kier alpha value is -1.72. The second kappa shape index (κ2) is 25.4. The molecule has 4 aromatic carbocycles. The molecule has 0 spiro atoms. The fourth-order valence-corrected chi connectivity index (χ4v) is 3.26. The first-order valence-corrected chi connectivity index (χ1v) is 15.1. The maximum absolute atomic E-state index is 7.75. The van der Waals surface area contributed by atoms with Gasteiger partial charge in [0, 0.05) is 0 Å². The number of benzene rings is 4. The zero-order chi connectivity index (χ0) is 26.0. The largest absolute Gasteiger partial charge is 0.0622 e. The molecule has 0 heterocycles. The summed E-state index contributed by atoms with van der Waals surface area (Å²) < 4.78 is 0. The Kier molecular flexibility index (Phi) is 24.1. The molecule has 2 nitrogen and oxygen atoms in total. The van der Waals surface area contributed by atoms with Crippen molar-refractivity contribution in [3.05, 3.63) is 121 Å². The van der Waals surface area contributed by atoms with Crippen LogP contribution in [0.1, 0.15) is 0 Å². The van der Waals surface area contributed by atoms with Gasteiger partial charge >= 0.3 is 27.0 Å². The molecular weight excluding hydrogens is 577 g/mol. The molecule has 0 saturated carbocycles. The van der Waals surface area contributed by atoms with Gasteiger partial charge in [-0.25, -0.2) is 0 Å². The molecule has 0 aliphatic heterocycles. The van der Waals surface area contributed by atoms with Crippen LogP contribution in [0, 0.1) is 0 Å². The van der Waals surface area contributed by atoms with Crippen molar-refractivity contribution in [1.29, 1.82) is 0 Å². The third-order valence-corrected chi connectivity index (χ3v) is 4.98. The molecule has 4 aromatic rings. The van der Waals surface area contributed by atoms with Gasteiger partial charge in [0.15, 0.2) is 0 Å². The topological polar surface area (TPSA) is 29.1 Å². The van der Waals surface area contributed by atoms with Crippen LogP contribution in [0.25, 0.3) is 22.3 Å². The fourth-order valence-electron chi connectivity index (χ4n) is 2.85. The van der Waals surface area contributed by atoms with Gasteiger partial charge in [0.25, 0.3) is 0 Å². The average molecular weight is 612 g/mol. The minimum Gasteiger partial charge on any atom is -0.0622 e. The molecule has 0 bridgehead atoms. The Balaban J connectivity index is 0.000000478. The Bertz CT molecular complexity index is 795. The van der Waals surface area contributed by atoms with E-state index in [-0.39, 0.29) is 0 Å². The van der Waals surface area contributed by atoms with Crippen molar-refractivity contribution < 1.29 is 22.1 Å². The number of hydrogen-bond acceptors (Lipinski definition) is 2. The van der Waals surface area contributed by atoms with E-state index in [1.165, 1.54) is 22.3 Å². The van der Waals surface area contributed by atoms with Gasteiger partial charge in [-0.15, -0.1) is 18.5 Å². The molecule has 186 valence electrons. The van der Waals surface area contributed by atoms with E-state index in [0.717, 1.165) is 25.4 Å². The first-order valence-electron chi connectivity index (χ1n) is 11.0. The van der Waals surface area contributed by atoms with Crippen LogP contribution >= 0.6 is 28.2 Å². The Labute approximate surface area is 230 Å². The van der Waals surface area contributed by atoms with Crippen LogP contribution in [0.5, 0.6) is 0 Å². The third kappa shape index (κ3) is 16.6. The van der Waals surface area contributed by atoms with E-state index in [1.54, 1.807) is 17.3 Å². The normalized spacial score (nSPS) is 8.80. The van der Waals surface area contributed by atoms with Crippen LogP contribution in [-0.2, 0) is 22.1 Å². The van der Waals surface area contributed by atoms with Gasteiger partial charge < -0.3 is 10.1 Å². The molecule has 0 fully saturated rings. The van der Waals surface area contributed by atoms with Crippen LogP contribution in [-0.4, -0.2) is 32.2 Å². The van der Waals surface area contributed by atoms with Crippen molar-refractivity contribution in [3.8, 4) is 22.3 Å². The van der Waals surface area contributed by atoms with Crippen LogP contribution in [0.3, 0.4) is 0 Å². The van der Waals surface area contributed by atoms with Gasteiger partial charge in [0.05, 0.1) is 0 Å². The minimum atomic E-state index is 1.12. The van der Waals surface area contributed by atoms with Crippen LogP contribution in [0.2, 0.25) is 0 Å². The molecule has 4 rings (SSSR count). The molecule has 0 saturated heterocycles. The second-order valence-corrected chi connectivity index (χ2v) is 7.95. The second-order valence-electron chi connectivity index (χ2n) is 6.79. The zero-order valence-corrected chi connectivity index (χ0v) is 24.7. The van der Waals surface area contributed by atoms with Crippen molar-refractivity contribution in [3.63, 3.8) is 0 Å². The first kappa shape index (κ1) is 33.3. The van der Waals surface area contributed by atoms with Gasteiger partial charge in [-0.2, -0.15) is 0 Å². The predicted octanol–water partition coefficient (Wildman–Crippen LogP) is 7.18. The molecule has 0 aromatic heterocycles. The van der Waals surface area contributed by atoms with Crippen molar-refractivity contribution in [2.75, 3.05) is 25.4 Å². The third-order valence-electron chi connectivity index (χ3n) is 4.40. The maximum Gasteiger partial charge on any atom is -0.0184 e. The number of rotatable bonds is 6. The molecule has 0 amide bonds. The summed E-state index contributed by atoms with van der Waals surface area (Å²) >= 11 is 1.62. The van der Waals surface area contributed by atoms with Crippen molar-refractivity contribution in [2.45, 2.75) is 0 Å². The molecule has 35 heavy (non-hydrogen) atoms. The number of halogens is 1. The molecule has 0 aliphatic carbocycles. The summed E-state index contributed by atoms with van der Waals surface area (Å²) in [5.41, 5.74) is 5.10. The van der Waals surface area contributed by atoms with E-state index in [0.29, 0.717) is 0 Å². The van der Waals surface area contributed by atoms with Gasteiger partial charge in [-0.05, 0) is 47.7 Å².